The van der Waals surface area contributed by atoms with Gasteiger partial charge >= 0.3 is 0 Å². The third-order valence-corrected chi connectivity index (χ3v) is 9.43. The Morgan fingerprint density at radius 3 is 2.37 bits per heavy atom. The van der Waals surface area contributed by atoms with Crippen LogP contribution in [0.15, 0.2) is 71.9 Å². The van der Waals surface area contributed by atoms with Crippen LogP contribution in [0.5, 0.6) is 17.2 Å². The quantitative estimate of drug-likeness (QED) is 0.110. The lowest BCUT2D eigenvalue weighted by Crippen LogP contribution is -2.48. The predicted molar refractivity (Wildman–Crippen MR) is 183 cm³/mol. The number of methoxy groups -OCH3 is 2. The van der Waals surface area contributed by atoms with Gasteiger partial charge in [0, 0.05) is 56.7 Å². The van der Waals surface area contributed by atoms with Crippen molar-refractivity contribution in [1.82, 2.24) is 14.9 Å². The first-order valence-corrected chi connectivity index (χ1v) is 16.8. The summed E-state index contributed by atoms with van der Waals surface area (Å²) < 4.78 is 16.8. The number of fused-ring (bicyclic) bond motifs is 1. The number of hydrogen-bond donors (Lipinski definition) is 0. The first-order chi connectivity index (χ1) is 22.4. The molecule has 1 amide bonds. The van der Waals surface area contributed by atoms with Crippen molar-refractivity contribution in [1.29, 1.82) is 0 Å². The molecular weight excluding hydrogens is 622 g/mol. The Labute approximate surface area is 279 Å². The van der Waals surface area contributed by atoms with E-state index in [4.69, 9.17) is 30.8 Å². The second kappa shape index (κ2) is 14.5. The molecule has 240 valence electrons. The number of amides is 1. The molecule has 1 fully saturated rings. The molecule has 0 atom stereocenters. The number of piperazine rings is 1. The summed E-state index contributed by atoms with van der Waals surface area (Å²) in [4.78, 5) is 29.2. The van der Waals surface area contributed by atoms with Gasteiger partial charge in [0.2, 0.25) is 0 Å². The lowest BCUT2D eigenvalue weighted by atomic mass is 9.99. The number of hydrogen-bond acceptors (Lipinski definition) is 9. The van der Waals surface area contributed by atoms with Crippen molar-refractivity contribution < 1.29 is 19.0 Å². The smallest absolute Gasteiger partial charge is 0.253 e. The van der Waals surface area contributed by atoms with E-state index in [9.17, 15) is 4.79 Å². The molecule has 4 aromatic rings. The van der Waals surface area contributed by atoms with Crippen LogP contribution in [0.1, 0.15) is 34.0 Å². The van der Waals surface area contributed by atoms with Gasteiger partial charge in [-0.3, -0.25) is 4.79 Å². The van der Waals surface area contributed by atoms with E-state index >= 15 is 0 Å². The zero-order chi connectivity index (χ0) is 32.0. The fourth-order valence-corrected chi connectivity index (χ4v) is 6.99. The number of ether oxygens (including phenoxy) is 3. The maximum atomic E-state index is 13.5. The first-order valence-electron chi connectivity index (χ1n) is 15.5. The number of anilines is 2. The standard InChI is InChI=1S/C35H38ClN5O4S/c1-4-45-29-11-6-5-10-28(29)39-14-16-40(17-15-39)34(42)26-9-7-8-24(18-26)23-46-35-37-32(36)21-33(38-35)41-13-12-25-19-30(43-2)31(44-3)20-27(25)22-41/h5-11,18-21H,4,12-17,22-23H2,1-3H3. The van der Waals surface area contributed by atoms with E-state index in [1.54, 1.807) is 14.2 Å². The van der Waals surface area contributed by atoms with Gasteiger partial charge in [-0.1, -0.05) is 47.6 Å². The maximum Gasteiger partial charge on any atom is 0.253 e. The molecule has 0 radical (unpaired) electrons. The Morgan fingerprint density at radius 1 is 0.848 bits per heavy atom. The van der Waals surface area contributed by atoms with Crippen LogP contribution in [0.2, 0.25) is 5.15 Å². The van der Waals surface area contributed by atoms with E-state index in [2.05, 4.69) is 26.9 Å². The number of rotatable bonds is 10. The van der Waals surface area contributed by atoms with Crippen molar-refractivity contribution in [2.75, 3.05) is 63.4 Å². The normalized spacial score (nSPS) is 14.6. The van der Waals surface area contributed by atoms with Gasteiger partial charge in [-0.25, -0.2) is 9.97 Å². The number of para-hydroxylation sites is 2. The van der Waals surface area contributed by atoms with Crippen molar-refractivity contribution >= 4 is 40.8 Å². The Kier molecular flexibility index (Phi) is 10.0. The number of carbonyl (C=O) groups excluding carboxylic acids is 1. The van der Waals surface area contributed by atoms with Gasteiger partial charge in [-0.15, -0.1) is 0 Å². The van der Waals surface area contributed by atoms with Gasteiger partial charge in [0.25, 0.3) is 5.91 Å². The lowest BCUT2D eigenvalue weighted by Gasteiger charge is -2.36. The lowest BCUT2D eigenvalue weighted by molar-refractivity contribution is 0.0746. The fraction of sp³-hybridized carbons (Fsp3) is 0.343. The van der Waals surface area contributed by atoms with E-state index in [1.165, 1.54) is 22.9 Å². The molecule has 46 heavy (non-hydrogen) atoms. The molecule has 2 aliphatic rings. The molecule has 2 aliphatic heterocycles. The van der Waals surface area contributed by atoms with Gasteiger partial charge in [-0.2, -0.15) is 0 Å². The van der Waals surface area contributed by atoms with Crippen molar-refractivity contribution in [2.45, 2.75) is 30.8 Å². The highest BCUT2D eigenvalue weighted by molar-refractivity contribution is 7.98. The minimum atomic E-state index is 0.0468. The molecule has 0 bridgehead atoms. The van der Waals surface area contributed by atoms with Crippen LogP contribution >= 0.6 is 23.4 Å². The molecule has 0 N–H and O–H groups in total. The molecule has 3 aromatic carbocycles. The minimum Gasteiger partial charge on any atom is -0.493 e. The number of halogens is 1. The first kappa shape index (κ1) is 31.8. The molecular formula is C35H38ClN5O4S. The second-order valence-electron chi connectivity index (χ2n) is 11.1. The van der Waals surface area contributed by atoms with Gasteiger partial charge in [0.15, 0.2) is 16.7 Å². The summed E-state index contributed by atoms with van der Waals surface area (Å²) in [5.41, 5.74) is 5.21. The summed E-state index contributed by atoms with van der Waals surface area (Å²) in [6, 6.07) is 21.8. The second-order valence-corrected chi connectivity index (χ2v) is 12.5. The van der Waals surface area contributed by atoms with Crippen LogP contribution in [-0.4, -0.2) is 74.3 Å². The Hall–Kier alpha value is -4.15. The van der Waals surface area contributed by atoms with E-state index in [0.717, 1.165) is 54.6 Å². The summed E-state index contributed by atoms with van der Waals surface area (Å²) in [5, 5.41) is 0.998. The molecule has 1 aromatic heterocycles. The van der Waals surface area contributed by atoms with E-state index in [0.29, 0.717) is 53.6 Å². The van der Waals surface area contributed by atoms with Crippen LogP contribution in [0.25, 0.3) is 0 Å². The van der Waals surface area contributed by atoms with Crippen LogP contribution < -0.4 is 24.0 Å². The van der Waals surface area contributed by atoms with Crippen molar-refractivity contribution in [3.63, 3.8) is 0 Å². The highest BCUT2D eigenvalue weighted by Gasteiger charge is 2.25. The van der Waals surface area contributed by atoms with Gasteiger partial charge in [-0.05, 0) is 66.4 Å². The summed E-state index contributed by atoms with van der Waals surface area (Å²) >= 11 is 7.99. The maximum absolute atomic E-state index is 13.5. The fourth-order valence-electron chi connectivity index (χ4n) is 5.96. The molecule has 6 rings (SSSR count). The summed E-state index contributed by atoms with van der Waals surface area (Å²) in [6.45, 7) is 6.91. The number of thioether (sulfide) groups is 1. The van der Waals surface area contributed by atoms with Crippen molar-refractivity contribution in [2.24, 2.45) is 0 Å². The third kappa shape index (κ3) is 7.13. The SMILES string of the molecule is CCOc1ccccc1N1CCN(C(=O)c2cccc(CSc3nc(Cl)cc(N4CCc5cc(OC)c(OC)cc5C4)n3)c2)CC1. The minimum absolute atomic E-state index is 0.0468. The summed E-state index contributed by atoms with van der Waals surface area (Å²) in [7, 11) is 3.30. The largest absolute Gasteiger partial charge is 0.493 e. The van der Waals surface area contributed by atoms with Crippen LogP contribution in [0.3, 0.4) is 0 Å². The highest BCUT2D eigenvalue weighted by atomic mass is 35.5. The van der Waals surface area contributed by atoms with E-state index in [-0.39, 0.29) is 5.91 Å². The monoisotopic (exact) mass is 659 g/mol. The molecule has 9 nitrogen and oxygen atoms in total. The van der Waals surface area contributed by atoms with E-state index < -0.39 is 0 Å². The topological polar surface area (TPSA) is 80.3 Å². The zero-order valence-corrected chi connectivity index (χ0v) is 27.9. The molecule has 0 aliphatic carbocycles. The Bertz CT molecular complexity index is 1700. The third-order valence-electron chi connectivity index (χ3n) is 8.32. The Morgan fingerprint density at radius 2 is 1.61 bits per heavy atom. The zero-order valence-electron chi connectivity index (χ0n) is 26.4. The number of carbonyl (C=O) groups is 1. The average Bonchev–Trinajstić information content (AvgIpc) is 3.10. The van der Waals surface area contributed by atoms with Crippen molar-refractivity contribution in [3.05, 3.63) is 94.1 Å². The van der Waals surface area contributed by atoms with Crippen LogP contribution in [0.4, 0.5) is 11.5 Å². The average molecular weight is 660 g/mol. The molecule has 0 unspecified atom stereocenters. The summed E-state index contributed by atoms with van der Waals surface area (Å²) in [5.74, 6) is 3.79. The molecule has 11 heteroatoms. The van der Waals surface area contributed by atoms with Gasteiger partial charge in [0.1, 0.15) is 16.7 Å². The predicted octanol–water partition coefficient (Wildman–Crippen LogP) is 6.36. The number of nitrogens with zero attached hydrogens (tertiary/aromatic N) is 5. The van der Waals surface area contributed by atoms with Crippen LogP contribution in [0, 0.1) is 0 Å². The van der Waals surface area contributed by atoms with Gasteiger partial charge in [0.05, 0.1) is 26.5 Å². The number of benzene rings is 3. The van der Waals surface area contributed by atoms with Gasteiger partial charge < -0.3 is 28.9 Å². The van der Waals surface area contributed by atoms with E-state index in [1.807, 2.05) is 66.4 Å². The highest BCUT2D eigenvalue weighted by Crippen LogP contribution is 2.35. The summed E-state index contributed by atoms with van der Waals surface area (Å²) in [6.07, 6.45) is 0.857. The number of aromatic nitrogens is 2. The van der Waals surface area contributed by atoms with Crippen molar-refractivity contribution in [3.8, 4) is 17.2 Å². The Balaban J connectivity index is 1.08. The molecule has 0 spiro atoms. The molecule has 3 heterocycles. The molecule has 0 saturated carbocycles. The molecule has 1 saturated heterocycles. The van der Waals surface area contributed by atoms with Crippen LogP contribution in [-0.2, 0) is 18.7 Å².